The summed E-state index contributed by atoms with van der Waals surface area (Å²) in [7, 11) is 0. The monoisotopic (exact) mass is 1510 g/mol. The van der Waals surface area contributed by atoms with E-state index in [1.54, 1.807) is 0 Å². The number of ether oxygens (including phenoxy) is 1. The predicted octanol–water partition coefficient (Wildman–Crippen LogP) is 18.8. The SMILES string of the molecule is CCCC(=O)NF.C[C@H](Cc1ccc2ccccc2n1)c1ccccc1.Cc1ccc([C@H](C)CC(=O)NF)cc1.O=C(N[C@H](Cc1ccc2ccccc2n1)c1ccccc1)C1CC1.O=C1NC(Cc2ccc3ccccc3n2)c2ccccc21.O=C1N[C@H](Cc2ccc3ccccc3n2)c2ccccc2O1.[Ar].[Ar]. The molecule has 1 saturated carbocycles. The van der Waals surface area contributed by atoms with Crippen LogP contribution in [0.2, 0.25) is 0 Å². The minimum Gasteiger partial charge on any atom is -0.410 e. The van der Waals surface area contributed by atoms with Crippen LogP contribution in [-0.2, 0) is 40.1 Å². The van der Waals surface area contributed by atoms with Crippen LogP contribution in [0.3, 0.4) is 0 Å². The van der Waals surface area contributed by atoms with Crippen LogP contribution in [0, 0.1) is 88.3 Å². The van der Waals surface area contributed by atoms with E-state index in [-0.39, 0.29) is 130 Å². The first kappa shape index (κ1) is 83.2. The smallest absolute Gasteiger partial charge is 0.410 e. The normalized spacial score (nSPS) is 14.2. The van der Waals surface area contributed by atoms with Crippen molar-refractivity contribution in [3.63, 3.8) is 0 Å². The second-order valence-corrected chi connectivity index (χ2v) is 26.9. The van der Waals surface area contributed by atoms with Crippen LogP contribution in [0.25, 0.3) is 43.6 Å². The van der Waals surface area contributed by atoms with Gasteiger partial charge in [0.15, 0.2) is 0 Å². The fourth-order valence-electron chi connectivity index (χ4n) is 12.8. The molecule has 5 atom stereocenters. The summed E-state index contributed by atoms with van der Waals surface area (Å²) >= 11 is 0. The van der Waals surface area contributed by atoms with Gasteiger partial charge in [-0.3, -0.25) is 39.1 Å². The van der Waals surface area contributed by atoms with Gasteiger partial charge in [0, 0.05) is 169 Å². The maximum absolute atomic E-state index is 12.3. The molecule has 5 amide bonds. The Hall–Kier alpha value is -9.85. The first-order valence-corrected chi connectivity index (χ1v) is 36.3. The van der Waals surface area contributed by atoms with Crippen molar-refractivity contribution >= 4 is 73.3 Å². The molecular weight excluding hydrogens is 1420 g/mol. The maximum Gasteiger partial charge on any atom is 0.413 e. The Kier molecular flexibility index (Phi) is 32.2. The van der Waals surface area contributed by atoms with E-state index in [0.29, 0.717) is 37.4 Å². The number of carbonyl (C=O) groups excluding carboxylic acids is 5. The molecule has 2 aliphatic heterocycles. The Bertz CT molecular complexity index is 5160. The van der Waals surface area contributed by atoms with Gasteiger partial charge in [-0.2, -0.15) is 11.1 Å². The van der Waals surface area contributed by atoms with Crippen molar-refractivity contribution in [2.75, 3.05) is 0 Å². The molecule has 16 rings (SSSR count). The van der Waals surface area contributed by atoms with Gasteiger partial charge in [0.05, 0.1) is 40.2 Å². The quantitative estimate of drug-likeness (QED) is 0.0545. The van der Waals surface area contributed by atoms with Crippen molar-refractivity contribution in [3.05, 3.63) is 341 Å². The van der Waals surface area contributed by atoms with Crippen LogP contribution < -0.4 is 31.8 Å². The summed E-state index contributed by atoms with van der Waals surface area (Å²) in [5.74, 6) is 0.445. The predicted molar refractivity (Wildman–Crippen MR) is 419 cm³/mol. The molecule has 6 heterocycles. The van der Waals surface area contributed by atoms with Crippen LogP contribution in [-0.4, -0.2) is 49.7 Å². The number of aryl methyl sites for hydroxylation is 1. The first-order valence-electron chi connectivity index (χ1n) is 36.3. The second-order valence-electron chi connectivity index (χ2n) is 26.9. The zero-order valence-electron chi connectivity index (χ0n) is 61.1. The van der Waals surface area contributed by atoms with E-state index in [1.807, 2.05) is 191 Å². The number of nitrogens with zero attached hydrogens (tertiary/aromatic N) is 4. The number of benzene rings is 9. The number of pyridine rings is 4. The van der Waals surface area contributed by atoms with Gasteiger partial charge in [0.2, 0.25) is 17.7 Å². The molecule has 0 spiro atoms. The Labute approximate surface area is 694 Å². The van der Waals surface area contributed by atoms with Crippen LogP contribution in [0.1, 0.15) is 149 Å². The number of fused-ring (bicyclic) bond motifs is 6. The number of para-hydroxylation sites is 5. The van der Waals surface area contributed by atoms with Gasteiger partial charge in [-0.1, -0.05) is 245 Å². The molecule has 13 aromatic rings. The van der Waals surface area contributed by atoms with Gasteiger partial charge < -0.3 is 20.7 Å². The molecule has 5 N–H and O–H groups in total. The van der Waals surface area contributed by atoms with Crippen molar-refractivity contribution in [3.8, 4) is 5.75 Å². The van der Waals surface area contributed by atoms with Gasteiger partial charge in [0.1, 0.15) is 5.75 Å². The Morgan fingerprint density at radius 2 is 0.881 bits per heavy atom. The zero-order chi connectivity index (χ0) is 74.9. The number of rotatable bonds is 17. The molecule has 109 heavy (non-hydrogen) atoms. The molecule has 4 aromatic heterocycles. The van der Waals surface area contributed by atoms with E-state index in [9.17, 15) is 32.9 Å². The minimum atomic E-state index is -0.571. The minimum absolute atomic E-state index is 0. The van der Waals surface area contributed by atoms with Crippen molar-refractivity contribution in [1.82, 2.24) is 47.0 Å². The van der Waals surface area contributed by atoms with Crippen LogP contribution >= 0.6 is 0 Å². The summed E-state index contributed by atoms with van der Waals surface area (Å²) in [6.07, 6.45) is 5.80. The van der Waals surface area contributed by atoms with E-state index in [1.165, 1.54) is 16.5 Å². The molecule has 0 bridgehead atoms. The molecule has 0 saturated heterocycles. The third-order valence-electron chi connectivity index (χ3n) is 18.7. The molecule has 9 aromatic carbocycles. The fourth-order valence-corrected chi connectivity index (χ4v) is 12.8. The zero-order valence-corrected chi connectivity index (χ0v) is 62.5. The number of hydrogen-bond acceptors (Lipinski definition) is 10. The van der Waals surface area contributed by atoms with Gasteiger partial charge >= 0.3 is 6.09 Å². The summed E-state index contributed by atoms with van der Waals surface area (Å²) in [5.41, 5.74) is 17.9. The van der Waals surface area contributed by atoms with Crippen molar-refractivity contribution < 1.29 is 113 Å². The molecule has 1 aliphatic carbocycles. The van der Waals surface area contributed by atoms with E-state index in [0.717, 1.165) is 119 Å². The van der Waals surface area contributed by atoms with Crippen LogP contribution in [0.4, 0.5) is 13.8 Å². The number of aromatic nitrogens is 4. The van der Waals surface area contributed by atoms with Crippen LogP contribution in [0.15, 0.2) is 279 Å². The van der Waals surface area contributed by atoms with Crippen molar-refractivity contribution in [2.24, 2.45) is 5.92 Å². The average Bonchev–Trinajstić information content (AvgIpc) is 1.71. The first-order chi connectivity index (χ1) is 52.2. The summed E-state index contributed by atoms with van der Waals surface area (Å²) < 4.78 is 27.9. The van der Waals surface area contributed by atoms with E-state index in [4.69, 9.17) is 14.7 Å². The Morgan fingerprint density at radius 1 is 0.459 bits per heavy atom. The number of hydrogen-bond donors (Lipinski definition) is 5. The number of halogens is 2. The van der Waals surface area contributed by atoms with Gasteiger partial charge in [-0.25, -0.2) is 4.79 Å². The van der Waals surface area contributed by atoms with Crippen molar-refractivity contribution in [1.29, 1.82) is 0 Å². The summed E-state index contributed by atoms with van der Waals surface area (Å²) in [6.45, 7) is 7.98. The maximum atomic E-state index is 12.3. The number of nitrogens with one attached hydrogen (secondary N) is 5. The number of carbonyl (C=O) groups is 5. The molecule has 19 heteroatoms. The van der Waals surface area contributed by atoms with E-state index in [2.05, 4.69) is 142 Å². The van der Waals surface area contributed by atoms with Gasteiger partial charge in [-0.15, -0.1) is 8.96 Å². The molecule has 15 nitrogen and oxygen atoms in total. The largest absolute Gasteiger partial charge is 0.413 e. The van der Waals surface area contributed by atoms with Gasteiger partial charge in [-0.05, 0) is 127 Å². The molecule has 1 fully saturated rings. The molecule has 1 unspecified atom stereocenters. The topological polar surface area (TPSA) is 206 Å². The molecule has 3 aliphatic rings. The second kappa shape index (κ2) is 42.2. The summed E-state index contributed by atoms with van der Waals surface area (Å²) in [4.78, 5) is 75.5. The molecule has 0 radical (unpaired) electrons. The third-order valence-corrected chi connectivity index (χ3v) is 18.7. The summed E-state index contributed by atoms with van der Waals surface area (Å²) in [5, 5.41) is 13.7. The molecule has 558 valence electrons. The van der Waals surface area contributed by atoms with E-state index >= 15 is 0 Å². The van der Waals surface area contributed by atoms with Crippen LogP contribution in [0.5, 0.6) is 5.75 Å². The third kappa shape index (κ3) is 24.6. The van der Waals surface area contributed by atoms with Gasteiger partial charge in [0.25, 0.3) is 5.91 Å². The molecular formula is C90H87Ar2F2N9O6. The Balaban J connectivity index is 0.000000154. The van der Waals surface area contributed by atoms with E-state index < -0.39 is 17.9 Å². The number of amides is 5. The summed E-state index contributed by atoms with van der Waals surface area (Å²) in [6, 6.07) is 93.0. The average molecular weight is 1510 g/mol. The van der Waals surface area contributed by atoms with Crippen molar-refractivity contribution in [2.45, 2.75) is 115 Å². The standard InChI is InChI=1S/C21H20N2O.C18H14N2O2.C18H14N2O.C18H17N.C11H14FNO.C4H8FNO.2Ar/c24-21(17-10-11-17)23-20(15-6-2-1-3-7-15)14-18-13-12-16-8-4-5-9-19(16)22-18;21-18-20-16(14-6-2-4-8-17(14)22-18)11-13-10-9-12-5-1-3-7-15(12)19-13;21-18-15-7-3-2-6-14(15)17(20-18)11-13-10-9-12-5-1-4-8-16(12)19-13;1-14(15-7-3-2-4-8-15)13-17-12-11-16-9-5-6-10-18(16)19-17;1-8-3-5-10(6-4-8)9(2)7-11(14)13-12;1-2-3-4(7)6-5;;/h1-9,12-13,17,20H,10-11,14H2,(H,23,24);1-10,16H,11H2,(H,20,21);1-10,17H,11H2,(H,20,21);2-12,14H,13H2,1H3;3-6,9H,7H2,1-2H3,(H,13,14);2-3H2,1H3,(H,6,7);;/t20-;16-;;14-;9-;;;/m11.11.../s1. The fraction of sp³-hybridized carbons (Fsp3) is 0.211. The Morgan fingerprint density at radius 3 is 1.38 bits per heavy atom.